The molecule has 29 heavy (non-hydrogen) atoms. The molecule has 0 fully saturated rings. The first kappa shape index (κ1) is 23.1. The van der Waals surface area contributed by atoms with Crippen LogP contribution in [0.5, 0.6) is 0 Å². The lowest BCUT2D eigenvalue weighted by Gasteiger charge is -2.21. The average molecular weight is 428 g/mol. The molecule has 1 amide bonds. The first-order valence-electron chi connectivity index (χ1n) is 8.95. The van der Waals surface area contributed by atoms with Gasteiger partial charge in [0.1, 0.15) is 10.6 Å². The molecular weight excluding hydrogens is 405 g/mol. The maximum Gasteiger partial charge on any atom is 0.416 e. The molecule has 0 spiro atoms. The molecule has 0 aliphatic carbocycles. The summed E-state index contributed by atoms with van der Waals surface area (Å²) in [6, 6.07) is 3.83. The Hall–Kier alpha value is -2.18. The maximum atomic E-state index is 12.7. The summed E-state index contributed by atoms with van der Waals surface area (Å²) < 4.78 is 43.5. The molecule has 0 aromatic heterocycles. The van der Waals surface area contributed by atoms with Crippen LogP contribution in [-0.2, 0) is 17.3 Å². The zero-order chi connectivity index (χ0) is 21.7. The molecule has 0 saturated carbocycles. The first-order valence-corrected chi connectivity index (χ1v) is 9.93. The number of halogens is 3. The lowest BCUT2D eigenvalue weighted by molar-refractivity contribution is -0.137. The van der Waals surface area contributed by atoms with Crippen LogP contribution in [-0.4, -0.2) is 46.3 Å². The molecule has 2 rings (SSSR count). The van der Waals surface area contributed by atoms with Gasteiger partial charge in [-0.3, -0.25) is 4.99 Å². The Labute approximate surface area is 172 Å². The van der Waals surface area contributed by atoms with E-state index in [1.165, 1.54) is 23.9 Å². The number of carbonyl (C=O) groups excluding carboxylic acids is 1. The summed E-state index contributed by atoms with van der Waals surface area (Å²) >= 11 is 1.40. The second kappa shape index (κ2) is 9.55. The van der Waals surface area contributed by atoms with Crippen LogP contribution in [0.15, 0.2) is 29.3 Å². The molecule has 1 aromatic carbocycles. The summed E-state index contributed by atoms with van der Waals surface area (Å²) in [5, 5.41) is 12.3. The predicted molar refractivity (Wildman–Crippen MR) is 107 cm³/mol. The highest BCUT2D eigenvalue weighted by molar-refractivity contribution is 8.14. The summed E-state index contributed by atoms with van der Waals surface area (Å²) in [7, 11) is 0. The Morgan fingerprint density at radius 3 is 2.52 bits per heavy atom. The minimum Gasteiger partial charge on any atom is -0.444 e. The minimum absolute atomic E-state index is 0.0661. The van der Waals surface area contributed by atoms with Gasteiger partial charge in [0, 0.05) is 12.2 Å². The van der Waals surface area contributed by atoms with Crippen molar-refractivity contribution in [1.82, 2.24) is 5.32 Å². The SMILES string of the molecule is CC(C)(C)OC(=O)NC(C#CC1=NC(CO)CS1)Cc1ccc(C(F)(F)F)cc1. The number of amides is 1. The smallest absolute Gasteiger partial charge is 0.416 e. The third-order valence-electron chi connectivity index (χ3n) is 3.69. The van der Waals surface area contributed by atoms with Crippen molar-refractivity contribution in [2.24, 2.45) is 4.99 Å². The van der Waals surface area contributed by atoms with Gasteiger partial charge in [0.25, 0.3) is 0 Å². The standard InChI is InChI=1S/C20H23F3N2O3S/c1-19(2,3)28-18(27)25-15(8-9-17-24-16(11-26)12-29-17)10-13-4-6-14(7-5-13)20(21,22)23/h4-7,15-16,26H,10-12H2,1-3H3,(H,25,27). The van der Waals surface area contributed by atoms with Crippen LogP contribution in [0.2, 0.25) is 0 Å². The zero-order valence-electron chi connectivity index (χ0n) is 16.3. The Morgan fingerprint density at radius 1 is 1.34 bits per heavy atom. The van der Waals surface area contributed by atoms with E-state index in [9.17, 15) is 18.0 Å². The first-order chi connectivity index (χ1) is 13.5. The number of benzene rings is 1. The van der Waals surface area contributed by atoms with Gasteiger partial charge in [0.05, 0.1) is 24.3 Å². The monoisotopic (exact) mass is 428 g/mol. The van der Waals surface area contributed by atoms with Crippen LogP contribution in [0.1, 0.15) is 31.9 Å². The molecular formula is C20H23F3N2O3S. The molecule has 2 atom stereocenters. The summed E-state index contributed by atoms with van der Waals surface area (Å²) in [6.07, 6.45) is -4.88. The van der Waals surface area contributed by atoms with E-state index in [0.717, 1.165) is 12.1 Å². The Morgan fingerprint density at radius 2 is 2.00 bits per heavy atom. The van der Waals surface area contributed by atoms with Crippen molar-refractivity contribution in [3.63, 3.8) is 0 Å². The number of ether oxygens (including phenoxy) is 1. The van der Waals surface area contributed by atoms with Crippen LogP contribution in [0.25, 0.3) is 0 Å². The number of nitrogens with zero attached hydrogens (tertiary/aromatic N) is 1. The second-order valence-corrected chi connectivity index (χ2v) is 8.46. The molecule has 5 nitrogen and oxygen atoms in total. The number of hydrogen-bond acceptors (Lipinski definition) is 5. The van der Waals surface area contributed by atoms with Crippen LogP contribution in [0.4, 0.5) is 18.0 Å². The van der Waals surface area contributed by atoms with Gasteiger partial charge in [-0.05, 0) is 44.4 Å². The molecule has 2 unspecified atom stereocenters. The number of nitrogens with one attached hydrogen (secondary N) is 1. The van der Waals surface area contributed by atoms with Crippen LogP contribution in [0, 0.1) is 11.8 Å². The molecule has 0 saturated heterocycles. The zero-order valence-corrected chi connectivity index (χ0v) is 17.2. The summed E-state index contributed by atoms with van der Waals surface area (Å²) in [4.78, 5) is 16.4. The van der Waals surface area contributed by atoms with Gasteiger partial charge in [-0.15, -0.1) is 0 Å². The fraction of sp³-hybridized carbons (Fsp3) is 0.500. The number of carbonyl (C=O) groups is 1. The summed E-state index contributed by atoms with van der Waals surface area (Å²) in [6.45, 7) is 5.11. The number of hydrogen-bond donors (Lipinski definition) is 2. The van der Waals surface area contributed by atoms with Crippen LogP contribution < -0.4 is 5.32 Å². The summed E-state index contributed by atoms with van der Waals surface area (Å²) in [5.41, 5.74) is -0.853. The highest BCUT2D eigenvalue weighted by atomic mass is 32.2. The molecule has 2 N–H and O–H groups in total. The van der Waals surface area contributed by atoms with Crippen molar-refractivity contribution in [1.29, 1.82) is 0 Å². The van der Waals surface area contributed by atoms with E-state index in [2.05, 4.69) is 22.2 Å². The third kappa shape index (κ3) is 7.99. The fourth-order valence-corrected chi connectivity index (χ4v) is 3.26. The normalized spacial score (nSPS) is 17.8. The number of alkyl halides is 3. The van der Waals surface area contributed by atoms with Crippen molar-refractivity contribution in [3.05, 3.63) is 35.4 Å². The van der Waals surface area contributed by atoms with Gasteiger partial charge in [0.2, 0.25) is 0 Å². The molecule has 9 heteroatoms. The average Bonchev–Trinajstić information content (AvgIpc) is 3.06. The highest BCUT2D eigenvalue weighted by Gasteiger charge is 2.30. The van der Waals surface area contributed by atoms with Crippen LogP contribution >= 0.6 is 11.8 Å². The van der Waals surface area contributed by atoms with E-state index in [1.54, 1.807) is 20.8 Å². The maximum absolute atomic E-state index is 12.7. The van der Waals surface area contributed by atoms with Gasteiger partial charge in [-0.25, -0.2) is 4.79 Å². The fourth-order valence-electron chi connectivity index (χ4n) is 2.38. The predicted octanol–water partition coefficient (Wildman–Crippen LogP) is 3.65. The largest absolute Gasteiger partial charge is 0.444 e. The van der Waals surface area contributed by atoms with Crippen molar-refractivity contribution >= 4 is 22.9 Å². The van der Waals surface area contributed by atoms with E-state index in [0.29, 0.717) is 16.4 Å². The summed E-state index contributed by atoms with van der Waals surface area (Å²) in [5.74, 6) is 6.40. The molecule has 1 aromatic rings. The van der Waals surface area contributed by atoms with Gasteiger partial charge >= 0.3 is 12.3 Å². The minimum atomic E-state index is -4.41. The Kier molecular flexibility index (Phi) is 7.60. The topological polar surface area (TPSA) is 70.9 Å². The van der Waals surface area contributed by atoms with E-state index in [1.807, 2.05) is 0 Å². The van der Waals surface area contributed by atoms with Gasteiger partial charge in [0.15, 0.2) is 0 Å². The Balaban J connectivity index is 2.15. The lowest BCUT2D eigenvalue weighted by Crippen LogP contribution is -2.39. The number of alkyl carbamates (subject to hydrolysis) is 1. The molecule has 158 valence electrons. The quantitative estimate of drug-likeness (QED) is 0.719. The lowest BCUT2D eigenvalue weighted by atomic mass is 10.0. The highest BCUT2D eigenvalue weighted by Crippen LogP contribution is 2.29. The van der Waals surface area contributed by atoms with Gasteiger partial charge in [-0.2, -0.15) is 13.2 Å². The van der Waals surface area contributed by atoms with E-state index in [4.69, 9.17) is 9.84 Å². The van der Waals surface area contributed by atoms with E-state index in [-0.39, 0.29) is 19.1 Å². The van der Waals surface area contributed by atoms with Crippen molar-refractivity contribution in [2.75, 3.05) is 12.4 Å². The number of aliphatic hydroxyl groups excluding tert-OH is 1. The Bertz CT molecular complexity index is 805. The van der Waals surface area contributed by atoms with Gasteiger partial charge in [-0.1, -0.05) is 29.8 Å². The van der Waals surface area contributed by atoms with Crippen molar-refractivity contribution in [3.8, 4) is 11.8 Å². The number of aliphatic imine (C=N–C) groups is 1. The van der Waals surface area contributed by atoms with E-state index < -0.39 is 29.5 Å². The number of rotatable bonds is 4. The van der Waals surface area contributed by atoms with E-state index >= 15 is 0 Å². The molecule has 0 bridgehead atoms. The van der Waals surface area contributed by atoms with Gasteiger partial charge < -0.3 is 15.2 Å². The van der Waals surface area contributed by atoms with Crippen molar-refractivity contribution in [2.45, 2.75) is 51.1 Å². The molecule has 0 radical (unpaired) electrons. The molecule has 1 heterocycles. The molecule has 1 aliphatic rings. The number of aliphatic hydroxyl groups is 1. The second-order valence-electron chi connectivity index (χ2n) is 7.45. The third-order valence-corrected chi connectivity index (χ3v) is 4.72. The van der Waals surface area contributed by atoms with Crippen LogP contribution in [0.3, 0.4) is 0 Å². The molecule has 1 aliphatic heterocycles. The number of thioether (sulfide) groups is 1. The van der Waals surface area contributed by atoms with Crippen molar-refractivity contribution < 1.29 is 27.8 Å².